The maximum absolute atomic E-state index is 10.0. The predicted octanol–water partition coefficient (Wildman–Crippen LogP) is 2.54. The smallest absolute Gasteiger partial charge is 0.258 e. The molecule has 16 heavy (non-hydrogen) atoms. The summed E-state index contributed by atoms with van der Waals surface area (Å²) in [4.78, 5) is 0. The van der Waals surface area contributed by atoms with E-state index in [4.69, 9.17) is 0 Å². The maximum Gasteiger partial charge on any atom is 0.333 e. The number of hydrogen-bond acceptors (Lipinski definition) is 3. The lowest BCUT2D eigenvalue weighted by Crippen LogP contribution is -2.16. The highest BCUT2D eigenvalue weighted by Gasteiger charge is 1.98. The van der Waals surface area contributed by atoms with Crippen molar-refractivity contribution in [2.75, 3.05) is 6.61 Å². The normalized spacial score (nSPS) is 10.1. The molecule has 96 valence electrons. The highest BCUT2D eigenvalue weighted by Crippen LogP contribution is 1.97. The van der Waals surface area contributed by atoms with Crippen molar-refractivity contribution in [2.24, 2.45) is 5.14 Å². The Bertz CT molecular complexity index is 260. The van der Waals surface area contributed by atoms with E-state index in [1.54, 1.807) is 6.08 Å². The van der Waals surface area contributed by atoms with E-state index >= 15 is 0 Å². The van der Waals surface area contributed by atoms with Crippen LogP contribution in [0.2, 0.25) is 0 Å². The second kappa shape index (κ2) is 12.4. The first-order valence-electron chi connectivity index (χ1n) is 5.36. The van der Waals surface area contributed by atoms with E-state index in [0.29, 0.717) is 6.42 Å². The molecule has 0 unspecified atom stereocenters. The average Bonchev–Trinajstić information content (AvgIpc) is 2.18. The van der Waals surface area contributed by atoms with Gasteiger partial charge in [-0.15, -0.1) is 13.2 Å². The molecule has 0 aromatic carbocycles. The largest absolute Gasteiger partial charge is 0.333 e. The van der Waals surface area contributed by atoms with Gasteiger partial charge in [-0.2, -0.15) is 8.42 Å². The molecule has 0 rings (SSSR count). The molecule has 0 heterocycles. The molecule has 0 aliphatic carbocycles. The molecule has 2 N–H and O–H groups in total. The molecule has 0 spiro atoms. The highest BCUT2D eigenvalue weighted by atomic mass is 32.2. The first-order chi connectivity index (χ1) is 7.47. The number of allylic oxidation sites excluding steroid dienone is 1. The molecule has 0 saturated heterocycles. The Kier molecular flexibility index (Phi) is 13.8. The minimum absolute atomic E-state index is 0.0718. The van der Waals surface area contributed by atoms with Gasteiger partial charge in [0.2, 0.25) is 0 Å². The van der Waals surface area contributed by atoms with Crippen LogP contribution in [0.1, 0.15) is 39.0 Å². The second-order valence-corrected chi connectivity index (χ2v) is 4.40. The zero-order chi connectivity index (χ0) is 12.9. The van der Waals surface area contributed by atoms with Gasteiger partial charge in [0.25, 0.3) is 0 Å². The first-order valence-corrected chi connectivity index (χ1v) is 6.84. The van der Waals surface area contributed by atoms with Crippen LogP contribution in [0.5, 0.6) is 0 Å². The quantitative estimate of drug-likeness (QED) is 0.531. The summed E-state index contributed by atoms with van der Waals surface area (Å²) < 4.78 is 24.2. The fourth-order valence-corrected chi connectivity index (χ4v) is 1.11. The van der Waals surface area contributed by atoms with Crippen LogP contribution in [0.15, 0.2) is 25.3 Å². The molecule has 0 atom stereocenters. The van der Waals surface area contributed by atoms with Crippen LogP contribution in [0.3, 0.4) is 0 Å². The summed E-state index contributed by atoms with van der Waals surface area (Å²) in [6.45, 7) is 9.28. The lowest BCUT2D eigenvalue weighted by molar-refractivity contribution is 0.325. The zero-order valence-electron chi connectivity index (χ0n) is 10.0. The van der Waals surface area contributed by atoms with Crippen LogP contribution in [0.25, 0.3) is 0 Å². The average molecular weight is 249 g/mol. The van der Waals surface area contributed by atoms with Gasteiger partial charge in [0.05, 0.1) is 6.61 Å². The monoisotopic (exact) mass is 249 g/mol. The van der Waals surface area contributed by atoms with E-state index in [-0.39, 0.29) is 6.61 Å². The molecule has 0 aromatic rings. The van der Waals surface area contributed by atoms with Gasteiger partial charge in [0.15, 0.2) is 0 Å². The molecule has 0 aliphatic rings. The predicted molar refractivity (Wildman–Crippen MR) is 68.2 cm³/mol. The SMILES string of the molecule is C=CCCCCC.C=CCCOS(N)(=O)=O. The van der Waals surface area contributed by atoms with Crippen molar-refractivity contribution in [3.8, 4) is 0 Å². The van der Waals surface area contributed by atoms with Gasteiger partial charge >= 0.3 is 10.3 Å². The molecule has 0 aliphatic heterocycles. The summed E-state index contributed by atoms with van der Waals surface area (Å²) in [5.41, 5.74) is 0. The summed E-state index contributed by atoms with van der Waals surface area (Å²) >= 11 is 0. The standard InChI is InChI=1S/C7H14.C4H9NO3S/c1-3-5-7-6-4-2;1-2-3-4-8-9(5,6)7/h3H,1,4-7H2,2H3;2H,1,3-4H2,(H2,5,6,7). The minimum atomic E-state index is -3.74. The molecule has 0 saturated carbocycles. The molecule has 0 bridgehead atoms. The van der Waals surface area contributed by atoms with Gasteiger partial charge in [-0.25, -0.2) is 5.14 Å². The zero-order valence-corrected chi connectivity index (χ0v) is 10.8. The van der Waals surface area contributed by atoms with Crippen molar-refractivity contribution in [1.29, 1.82) is 0 Å². The van der Waals surface area contributed by atoms with E-state index < -0.39 is 10.3 Å². The number of nitrogens with two attached hydrogens (primary N) is 1. The fourth-order valence-electron chi connectivity index (χ4n) is 0.786. The van der Waals surface area contributed by atoms with Crippen molar-refractivity contribution >= 4 is 10.3 Å². The van der Waals surface area contributed by atoms with E-state index in [1.165, 1.54) is 25.7 Å². The third kappa shape index (κ3) is 23.3. The number of rotatable bonds is 8. The van der Waals surface area contributed by atoms with E-state index in [1.807, 2.05) is 6.08 Å². The lowest BCUT2D eigenvalue weighted by atomic mass is 10.2. The van der Waals surface area contributed by atoms with Crippen molar-refractivity contribution in [3.63, 3.8) is 0 Å². The molecule has 0 fully saturated rings. The Morgan fingerprint density at radius 2 is 1.75 bits per heavy atom. The molecule has 0 amide bonds. The van der Waals surface area contributed by atoms with Gasteiger partial charge in [-0.1, -0.05) is 31.9 Å². The van der Waals surface area contributed by atoms with Gasteiger partial charge in [-0.05, 0) is 19.3 Å². The van der Waals surface area contributed by atoms with Gasteiger partial charge in [-0.3, -0.25) is 4.18 Å². The van der Waals surface area contributed by atoms with Crippen LogP contribution in [0.4, 0.5) is 0 Å². The van der Waals surface area contributed by atoms with Crippen LogP contribution in [-0.4, -0.2) is 15.0 Å². The van der Waals surface area contributed by atoms with Crippen molar-refractivity contribution in [3.05, 3.63) is 25.3 Å². The molecular weight excluding hydrogens is 226 g/mol. The summed E-state index contributed by atoms with van der Waals surface area (Å²) in [5, 5.41) is 4.49. The van der Waals surface area contributed by atoms with Crippen LogP contribution >= 0.6 is 0 Å². The number of unbranched alkanes of at least 4 members (excludes halogenated alkanes) is 3. The lowest BCUT2D eigenvalue weighted by Gasteiger charge is -1.94. The molecule has 0 radical (unpaired) electrons. The molecule has 0 aromatic heterocycles. The van der Waals surface area contributed by atoms with Gasteiger partial charge < -0.3 is 0 Å². The van der Waals surface area contributed by atoms with Gasteiger partial charge in [0, 0.05) is 0 Å². The molecular formula is C11H23NO3S. The summed E-state index contributed by atoms with van der Waals surface area (Å²) in [7, 11) is -3.74. The third-order valence-corrected chi connectivity index (χ3v) is 2.08. The Labute approximate surface area is 99.4 Å². The fraction of sp³-hybridized carbons (Fsp3) is 0.636. The van der Waals surface area contributed by atoms with Crippen molar-refractivity contribution in [2.45, 2.75) is 39.0 Å². The van der Waals surface area contributed by atoms with Crippen molar-refractivity contribution < 1.29 is 12.6 Å². The topological polar surface area (TPSA) is 69.4 Å². The maximum atomic E-state index is 10.0. The van der Waals surface area contributed by atoms with E-state index in [2.05, 4.69) is 29.4 Å². The van der Waals surface area contributed by atoms with E-state index in [9.17, 15) is 8.42 Å². The number of hydrogen-bond donors (Lipinski definition) is 1. The van der Waals surface area contributed by atoms with Crippen LogP contribution in [0, 0.1) is 0 Å². The highest BCUT2D eigenvalue weighted by molar-refractivity contribution is 7.84. The summed E-state index contributed by atoms with van der Waals surface area (Å²) in [6, 6.07) is 0. The Morgan fingerprint density at radius 3 is 2.12 bits per heavy atom. The second-order valence-electron chi connectivity index (χ2n) is 3.18. The first kappa shape index (κ1) is 17.7. The Morgan fingerprint density at radius 1 is 1.19 bits per heavy atom. The Hall–Kier alpha value is -0.650. The Balaban J connectivity index is 0. The molecule has 5 heteroatoms. The van der Waals surface area contributed by atoms with E-state index in [0.717, 1.165) is 0 Å². The summed E-state index contributed by atoms with van der Waals surface area (Å²) in [5.74, 6) is 0. The third-order valence-electron chi connectivity index (χ3n) is 1.58. The molecule has 4 nitrogen and oxygen atoms in total. The van der Waals surface area contributed by atoms with Crippen LogP contribution in [-0.2, 0) is 14.5 Å². The minimum Gasteiger partial charge on any atom is -0.258 e. The van der Waals surface area contributed by atoms with Crippen molar-refractivity contribution in [1.82, 2.24) is 0 Å². The van der Waals surface area contributed by atoms with Crippen LogP contribution < -0.4 is 5.14 Å². The summed E-state index contributed by atoms with van der Waals surface area (Å²) in [6.07, 6.45) is 9.19. The van der Waals surface area contributed by atoms with Gasteiger partial charge in [0.1, 0.15) is 0 Å².